The molecule has 7 nitrogen and oxygen atoms in total. The van der Waals surface area contributed by atoms with Gasteiger partial charge in [-0.05, 0) is 12.1 Å². The molecule has 0 aliphatic carbocycles. The van der Waals surface area contributed by atoms with Crippen LogP contribution in [0.4, 0.5) is 17.6 Å². The van der Waals surface area contributed by atoms with Gasteiger partial charge in [-0.3, -0.25) is 9.36 Å². The molecule has 2 heterocycles. The fraction of sp³-hybridized carbons (Fsp3) is 0.353. The number of ether oxygens (including phenoxy) is 2. The highest BCUT2D eigenvalue weighted by Crippen LogP contribution is 2.28. The summed E-state index contributed by atoms with van der Waals surface area (Å²) in [5, 5.41) is -0.355. The number of esters is 1. The van der Waals surface area contributed by atoms with E-state index in [2.05, 4.69) is 0 Å². The van der Waals surface area contributed by atoms with Crippen molar-refractivity contribution in [2.24, 2.45) is 7.05 Å². The van der Waals surface area contributed by atoms with E-state index in [0.29, 0.717) is 19.1 Å². The van der Waals surface area contributed by atoms with E-state index in [1.807, 2.05) is 0 Å². The third-order valence-corrected chi connectivity index (χ3v) is 4.58. The Balaban J connectivity index is 2.12. The molecule has 1 saturated heterocycles. The minimum absolute atomic E-state index is 0.156. The van der Waals surface area contributed by atoms with Gasteiger partial charge in [0, 0.05) is 19.5 Å². The standard InChI is InChI=1S/C17H13ClF4N2O5/c1-23-13(17(20,21)22)6-14(25)24(16(23)27)12-4-9(10(18)5-11(12)19)15(26)29-8-2-3-28-7-8/h4-6,8H,2-3,7H2,1H3. The van der Waals surface area contributed by atoms with Crippen LogP contribution in [0, 0.1) is 5.82 Å². The molecule has 2 aromatic rings. The van der Waals surface area contributed by atoms with E-state index in [-0.39, 0.29) is 32.4 Å². The van der Waals surface area contributed by atoms with Gasteiger partial charge >= 0.3 is 17.8 Å². The topological polar surface area (TPSA) is 79.5 Å². The lowest BCUT2D eigenvalue weighted by Gasteiger charge is -2.16. The molecule has 1 fully saturated rings. The third-order valence-electron chi connectivity index (χ3n) is 4.27. The Bertz CT molecular complexity index is 1090. The maximum atomic E-state index is 14.4. The number of carbonyl (C=O) groups is 1. The molecular formula is C17H13ClF4N2O5. The van der Waals surface area contributed by atoms with E-state index in [4.69, 9.17) is 21.1 Å². The van der Waals surface area contributed by atoms with Crippen LogP contribution in [-0.2, 0) is 22.7 Å². The largest absolute Gasteiger partial charge is 0.456 e. The molecule has 3 rings (SSSR count). The molecule has 0 radical (unpaired) electrons. The molecule has 1 atom stereocenters. The van der Waals surface area contributed by atoms with Gasteiger partial charge in [-0.2, -0.15) is 13.2 Å². The molecule has 156 valence electrons. The van der Waals surface area contributed by atoms with Crippen LogP contribution in [0.1, 0.15) is 22.5 Å². The average molecular weight is 437 g/mol. The zero-order valence-electron chi connectivity index (χ0n) is 14.8. The van der Waals surface area contributed by atoms with E-state index >= 15 is 0 Å². The van der Waals surface area contributed by atoms with Gasteiger partial charge in [-0.25, -0.2) is 18.5 Å². The van der Waals surface area contributed by atoms with Crippen LogP contribution in [0.3, 0.4) is 0 Å². The van der Waals surface area contributed by atoms with Crippen molar-refractivity contribution in [3.63, 3.8) is 0 Å². The summed E-state index contributed by atoms with van der Waals surface area (Å²) >= 11 is 5.87. The predicted octanol–water partition coefficient (Wildman–Crippen LogP) is 2.29. The Labute approximate surface area is 165 Å². The maximum absolute atomic E-state index is 14.4. The first-order chi connectivity index (χ1) is 13.5. The Morgan fingerprint density at radius 3 is 2.55 bits per heavy atom. The number of rotatable bonds is 3. The van der Waals surface area contributed by atoms with Crippen molar-refractivity contribution in [1.82, 2.24) is 9.13 Å². The highest BCUT2D eigenvalue weighted by molar-refractivity contribution is 6.33. The van der Waals surface area contributed by atoms with Gasteiger partial charge in [0.1, 0.15) is 17.6 Å². The zero-order valence-corrected chi connectivity index (χ0v) is 15.5. The van der Waals surface area contributed by atoms with Crippen LogP contribution in [-0.4, -0.2) is 34.4 Å². The molecular weight excluding hydrogens is 424 g/mol. The molecule has 1 aromatic heterocycles. The van der Waals surface area contributed by atoms with Crippen LogP contribution in [0.2, 0.25) is 5.02 Å². The van der Waals surface area contributed by atoms with Crippen molar-refractivity contribution in [1.29, 1.82) is 0 Å². The van der Waals surface area contributed by atoms with E-state index < -0.39 is 46.7 Å². The number of benzene rings is 1. The summed E-state index contributed by atoms with van der Waals surface area (Å²) in [6.45, 7) is 0.549. The Morgan fingerprint density at radius 2 is 1.97 bits per heavy atom. The lowest BCUT2D eigenvalue weighted by Crippen LogP contribution is -2.41. The van der Waals surface area contributed by atoms with Crippen molar-refractivity contribution in [3.05, 3.63) is 61.1 Å². The van der Waals surface area contributed by atoms with E-state index in [0.717, 1.165) is 13.1 Å². The van der Waals surface area contributed by atoms with Crippen LogP contribution >= 0.6 is 11.6 Å². The fourth-order valence-corrected chi connectivity index (χ4v) is 3.03. The number of aromatic nitrogens is 2. The van der Waals surface area contributed by atoms with Gasteiger partial charge in [-0.15, -0.1) is 0 Å². The zero-order chi connectivity index (χ0) is 21.5. The highest BCUT2D eigenvalue weighted by Gasteiger charge is 2.35. The van der Waals surface area contributed by atoms with Crippen LogP contribution in [0.25, 0.3) is 5.69 Å². The third kappa shape index (κ3) is 4.06. The SMILES string of the molecule is Cn1c(C(F)(F)F)cc(=O)n(-c2cc(C(=O)OC3CCOC3)c(Cl)cc2F)c1=O. The highest BCUT2D eigenvalue weighted by atomic mass is 35.5. The second-order valence-electron chi connectivity index (χ2n) is 6.22. The van der Waals surface area contributed by atoms with Crippen molar-refractivity contribution in [3.8, 4) is 5.69 Å². The number of carbonyl (C=O) groups excluding carboxylic acids is 1. The summed E-state index contributed by atoms with van der Waals surface area (Å²) in [6.07, 6.45) is -5.08. The second-order valence-corrected chi connectivity index (χ2v) is 6.62. The fourth-order valence-electron chi connectivity index (χ4n) is 2.81. The summed E-state index contributed by atoms with van der Waals surface area (Å²) in [4.78, 5) is 36.9. The van der Waals surface area contributed by atoms with Gasteiger partial charge in [0.25, 0.3) is 5.56 Å². The quantitative estimate of drug-likeness (QED) is 0.545. The number of hydrogen-bond donors (Lipinski definition) is 0. The summed E-state index contributed by atoms with van der Waals surface area (Å²) in [5.41, 5.74) is -5.47. The first-order valence-electron chi connectivity index (χ1n) is 8.19. The van der Waals surface area contributed by atoms with Crippen molar-refractivity contribution >= 4 is 17.6 Å². The number of hydrogen-bond acceptors (Lipinski definition) is 5. The van der Waals surface area contributed by atoms with Gasteiger partial charge in [0.05, 0.1) is 29.5 Å². The summed E-state index contributed by atoms with van der Waals surface area (Å²) < 4.78 is 63.9. The Hall–Kier alpha value is -2.66. The second kappa shape index (κ2) is 7.64. The smallest absolute Gasteiger partial charge is 0.431 e. The summed E-state index contributed by atoms with van der Waals surface area (Å²) in [6, 6.07) is 1.61. The number of alkyl halides is 3. The van der Waals surface area contributed by atoms with Crippen LogP contribution < -0.4 is 11.2 Å². The molecule has 0 bridgehead atoms. The summed E-state index contributed by atoms with van der Waals surface area (Å²) in [5.74, 6) is -2.14. The molecule has 1 aromatic carbocycles. The lowest BCUT2D eigenvalue weighted by atomic mass is 10.1. The van der Waals surface area contributed by atoms with Crippen molar-refractivity contribution in [2.45, 2.75) is 18.7 Å². The molecule has 0 spiro atoms. The van der Waals surface area contributed by atoms with Gasteiger partial charge < -0.3 is 9.47 Å². The predicted molar refractivity (Wildman–Crippen MR) is 91.9 cm³/mol. The van der Waals surface area contributed by atoms with Crippen LogP contribution in [0.5, 0.6) is 0 Å². The van der Waals surface area contributed by atoms with Gasteiger partial charge in [0.2, 0.25) is 0 Å². The number of nitrogens with zero attached hydrogens (tertiary/aromatic N) is 2. The Morgan fingerprint density at radius 1 is 1.28 bits per heavy atom. The monoisotopic (exact) mass is 436 g/mol. The average Bonchev–Trinajstić information content (AvgIpc) is 3.11. The number of halogens is 5. The Kier molecular flexibility index (Phi) is 5.54. The van der Waals surface area contributed by atoms with E-state index in [1.54, 1.807) is 0 Å². The van der Waals surface area contributed by atoms with E-state index in [9.17, 15) is 31.9 Å². The molecule has 29 heavy (non-hydrogen) atoms. The molecule has 1 unspecified atom stereocenters. The molecule has 0 amide bonds. The minimum Gasteiger partial charge on any atom is -0.456 e. The molecule has 0 N–H and O–H groups in total. The summed E-state index contributed by atoms with van der Waals surface area (Å²) in [7, 11) is 0.782. The van der Waals surface area contributed by atoms with Gasteiger partial charge in [-0.1, -0.05) is 11.6 Å². The first kappa shape index (κ1) is 21.1. The van der Waals surface area contributed by atoms with Crippen molar-refractivity contribution in [2.75, 3.05) is 13.2 Å². The van der Waals surface area contributed by atoms with Crippen LogP contribution in [0.15, 0.2) is 27.8 Å². The maximum Gasteiger partial charge on any atom is 0.431 e. The molecule has 1 aliphatic heterocycles. The van der Waals surface area contributed by atoms with Gasteiger partial charge in [0.15, 0.2) is 0 Å². The lowest BCUT2D eigenvalue weighted by molar-refractivity contribution is -0.144. The molecule has 1 aliphatic rings. The normalized spacial score (nSPS) is 16.8. The van der Waals surface area contributed by atoms with E-state index in [1.165, 1.54) is 0 Å². The molecule has 12 heteroatoms. The van der Waals surface area contributed by atoms with Crippen molar-refractivity contribution < 1.29 is 31.8 Å². The first-order valence-corrected chi connectivity index (χ1v) is 8.57. The minimum atomic E-state index is -4.97. The molecule has 0 saturated carbocycles.